The van der Waals surface area contributed by atoms with Crippen LogP contribution in [0.3, 0.4) is 0 Å². The molecule has 0 aliphatic carbocycles. The summed E-state index contributed by atoms with van der Waals surface area (Å²) in [7, 11) is 1.70. The van der Waals surface area contributed by atoms with Crippen molar-refractivity contribution < 1.29 is 9.18 Å². The van der Waals surface area contributed by atoms with Crippen LogP contribution in [-0.4, -0.2) is 17.9 Å². The van der Waals surface area contributed by atoms with Crippen LogP contribution in [0, 0.1) is 5.82 Å². The molecule has 4 heteroatoms. The van der Waals surface area contributed by atoms with Crippen LogP contribution >= 0.6 is 12.6 Å². The third-order valence-electron chi connectivity index (χ3n) is 3.62. The zero-order valence-electron chi connectivity index (χ0n) is 12.1. The van der Waals surface area contributed by atoms with E-state index in [2.05, 4.69) is 12.6 Å². The van der Waals surface area contributed by atoms with Gasteiger partial charge in [0.05, 0.1) is 12.5 Å². The number of nitrogens with zero attached hydrogens (tertiary/aromatic N) is 1. The van der Waals surface area contributed by atoms with Gasteiger partial charge in [-0.2, -0.15) is 0 Å². The Hall–Kier alpha value is -1.81. The molecule has 0 saturated heterocycles. The van der Waals surface area contributed by atoms with Crippen molar-refractivity contribution in [1.82, 2.24) is 4.90 Å². The minimum atomic E-state index is -0.303. The maximum absolute atomic E-state index is 13.8. The van der Waals surface area contributed by atoms with Gasteiger partial charge in [0.15, 0.2) is 0 Å². The Balaban J connectivity index is 2.08. The van der Waals surface area contributed by atoms with Crippen LogP contribution in [-0.2, 0) is 11.2 Å². The molecule has 110 valence electrons. The highest BCUT2D eigenvalue weighted by Gasteiger charge is 2.19. The second-order valence-corrected chi connectivity index (χ2v) is 5.56. The minimum Gasteiger partial charge on any atom is -0.339 e. The molecule has 0 bridgehead atoms. The van der Waals surface area contributed by atoms with Crippen molar-refractivity contribution in [3.05, 3.63) is 65.5 Å². The molecule has 1 amide bonds. The van der Waals surface area contributed by atoms with Gasteiger partial charge in [-0.3, -0.25) is 4.79 Å². The Morgan fingerprint density at radius 3 is 2.43 bits per heavy atom. The third kappa shape index (κ3) is 3.85. The van der Waals surface area contributed by atoms with Gasteiger partial charge in [0.2, 0.25) is 5.91 Å². The summed E-state index contributed by atoms with van der Waals surface area (Å²) in [4.78, 5) is 14.7. The van der Waals surface area contributed by atoms with Crippen LogP contribution in [0.25, 0.3) is 0 Å². The van der Waals surface area contributed by atoms with Gasteiger partial charge in [0, 0.05) is 17.5 Å². The lowest BCUT2D eigenvalue weighted by atomic mass is 10.1. The molecular weight excluding hydrogens is 285 g/mol. The lowest BCUT2D eigenvalue weighted by molar-refractivity contribution is -0.131. The lowest BCUT2D eigenvalue weighted by Crippen LogP contribution is -2.31. The number of hydrogen-bond donors (Lipinski definition) is 1. The molecule has 21 heavy (non-hydrogen) atoms. The zero-order chi connectivity index (χ0) is 15.4. The van der Waals surface area contributed by atoms with E-state index in [-0.39, 0.29) is 17.8 Å². The number of amides is 1. The number of benzene rings is 2. The number of carbonyl (C=O) groups is 1. The molecule has 0 aliphatic heterocycles. The second-order valence-electron chi connectivity index (χ2n) is 5.05. The summed E-state index contributed by atoms with van der Waals surface area (Å²) in [6.45, 7) is 1.83. The molecule has 0 aliphatic rings. The van der Waals surface area contributed by atoms with E-state index in [9.17, 15) is 9.18 Å². The smallest absolute Gasteiger partial charge is 0.227 e. The SMILES string of the molecule is CC(c1ccccc1F)N(C)C(=O)Cc1ccc(S)cc1. The van der Waals surface area contributed by atoms with Crippen molar-refractivity contribution in [2.24, 2.45) is 0 Å². The summed E-state index contributed by atoms with van der Waals surface area (Å²) < 4.78 is 13.8. The first kappa shape index (κ1) is 15.6. The molecular formula is C17H18FNOS. The highest BCUT2D eigenvalue weighted by Crippen LogP contribution is 2.22. The van der Waals surface area contributed by atoms with Crippen LogP contribution in [0.4, 0.5) is 4.39 Å². The molecule has 2 aromatic carbocycles. The summed E-state index contributed by atoms with van der Waals surface area (Å²) in [6.07, 6.45) is 0.295. The minimum absolute atomic E-state index is 0.0438. The average Bonchev–Trinajstić information content (AvgIpc) is 2.48. The first-order chi connectivity index (χ1) is 9.99. The predicted molar refractivity (Wildman–Crippen MR) is 85.0 cm³/mol. The van der Waals surface area contributed by atoms with Gasteiger partial charge in [-0.25, -0.2) is 4.39 Å². The molecule has 2 nitrogen and oxygen atoms in total. The van der Waals surface area contributed by atoms with Gasteiger partial charge >= 0.3 is 0 Å². The maximum atomic E-state index is 13.8. The Morgan fingerprint density at radius 2 is 1.81 bits per heavy atom. The topological polar surface area (TPSA) is 20.3 Å². The molecule has 2 rings (SSSR count). The van der Waals surface area contributed by atoms with Crippen LogP contribution in [0.5, 0.6) is 0 Å². The number of carbonyl (C=O) groups excluding carboxylic acids is 1. The fourth-order valence-corrected chi connectivity index (χ4v) is 2.30. The largest absolute Gasteiger partial charge is 0.339 e. The summed E-state index contributed by atoms with van der Waals surface area (Å²) in [5.41, 5.74) is 1.45. The highest BCUT2D eigenvalue weighted by molar-refractivity contribution is 7.80. The average molecular weight is 303 g/mol. The van der Waals surface area contributed by atoms with Gasteiger partial charge < -0.3 is 4.90 Å². The van der Waals surface area contributed by atoms with Crippen molar-refractivity contribution in [3.63, 3.8) is 0 Å². The fourth-order valence-electron chi connectivity index (χ4n) is 2.15. The molecule has 0 N–H and O–H groups in total. The van der Waals surface area contributed by atoms with E-state index in [4.69, 9.17) is 0 Å². The normalized spacial score (nSPS) is 12.0. The molecule has 1 atom stereocenters. The summed E-state index contributed by atoms with van der Waals surface area (Å²) in [6, 6.07) is 13.7. The van der Waals surface area contributed by atoms with Crippen LogP contribution in [0.2, 0.25) is 0 Å². The fraction of sp³-hybridized carbons (Fsp3) is 0.235. The van der Waals surface area contributed by atoms with Crippen molar-refractivity contribution in [1.29, 1.82) is 0 Å². The quantitative estimate of drug-likeness (QED) is 0.850. The van der Waals surface area contributed by atoms with Crippen molar-refractivity contribution in [2.45, 2.75) is 24.3 Å². The van der Waals surface area contributed by atoms with E-state index >= 15 is 0 Å². The van der Waals surface area contributed by atoms with Crippen LogP contribution in [0.15, 0.2) is 53.4 Å². The van der Waals surface area contributed by atoms with E-state index in [0.29, 0.717) is 12.0 Å². The van der Waals surface area contributed by atoms with E-state index in [1.165, 1.54) is 6.07 Å². The Kier molecular flexibility index (Phi) is 5.02. The van der Waals surface area contributed by atoms with Crippen molar-refractivity contribution in [3.8, 4) is 0 Å². The van der Waals surface area contributed by atoms with Crippen molar-refractivity contribution >= 4 is 18.5 Å². The first-order valence-electron chi connectivity index (χ1n) is 6.77. The van der Waals surface area contributed by atoms with E-state index in [0.717, 1.165) is 10.5 Å². The highest BCUT2D eigenvalue weighted by atomic mass is 32.1. The Labute approximate surface area is 130 Å². The molecule has 0 saturated carbocycles. The molecule has 1 unspecified atom stereocenters. The first-order valence-corrected chi connectivity index (χ1v) is 7.21. The molecule has 0 heterocycles. The summed E-state index contributed by atoms with van der Waals surface area (Å²) >= 11 is 4.22. The maximum Gasteiger partial charge on any atom is 0.227 e. The number of thiol groups is 1. The standard InChI is InChI=1S/C17H18FNOS/c1-12(15-5-3-4-6-16(15)18)19(2)17(20)11-13-7-9-14(21)10-8-13/h3-10,12,21H,11H2,1-2H3. The summed E-state index contributed by atoms with van der Waals surface area (Å²) in [5, 5.41) is 0. The second kappa shape index (κ2) is 6.76. The van der Waals surface area contributed by atoms with Crippen molar-refractivity contribution in [2.75, 3.05) is 7.05 Å². The van der Waals surface area contributed by atoms with Gasteiger partial charge in [0.25, 0.3) is 0 Å². The number of likely N-dealkylation sites (N-methyl/N-ethyl adjacent to an activating group) is 1. The predicted octanol–water partition coefficient (Wildman–Crippen LogP) is 3.88. The van der Waals surface area contributed by atoms with E-state index in [1.54, 1.807) is 30.1 Å². The number of rotatable bonds is 4. The Morgan fingerprint density at radius 1 is 1.19 bits per heavy atom. The van der Waals surface area contributed by atoms with E-state index < -0.39 is 0 Å². The summed E-state index contributed by atoms with van der Waals surface area (Å²) in [5.74, 6) is -0.332. The third-order valence-corrected chi connectivity index (χ3v) is 3.92. The molecule has 0 aromatic heterocycles. The van der Waals surface area contributed by atoms with E-state index in [1.807, 2.05) is 31.2 Å². The zero-order valence-corrected chi connectivity index (χ0v) is 13.0. The number of halogens is 1. The Bertz CT molecular complexity index is 627. The van der Waals surface area contributed by atoms with Gasteiger partial charge in [-0.15, -0.1) is 12.6 Å². The van der Waals surface area contributed by atoms with Crippen LogP contribution < -0.4 is 0 Å². The number of hydrogen-bond acceptors (Lipinski definition) is 2. The van der Waals surface area contributed by atoms with Gasteiger partial charge in [0.1, 0.15) is 5.82 Å². The van der Waals surface area contributed by atoms with Crippen LogP contribution in [0.1, 0.15) is 24.1 Å². The molecule has 0 fully saturated rings. The molecule has 2 aromatic rings. The monoisotopic (exact) mass is 303 g/mol. The molecule has 0 spiro atoms. The van der Waals surface area contributed by atoms with Gasteiger partial charge in [-0.1, -0.05) is 30.3 Å². The lowest BCUT2D eigenvalue weighted by Gasteiger charge is -2.25. The van der Waals surface area contributed by atoms with Gasteiger partial charge in [-0.05, 0) is 30.7 Å². The molecule has 0 radical (unpaired) electrons.